The van der Waals surface area contributed by atoms with E-state index in [0.717, 1.165) is 18.8 Å². The first-order valence-electron chi connectivity index (χ1n) is 5.91. The second-order valence-electron chi connectivity index (χ2n) is 4.50. The third-order valence-electron chi connectivity index (χ3n) is 3.74. The summed E-state index contributed by atoms with van der Waals surface area (Å²) in [6.45, 7) is 2.14. The lowest BCUT2D eigenvalue weighted by atomic mass is 9.75. The summed E-state index contributed by atoms with van der Waals surface area (Å²) < 4.78 is 4.71. The fraction of sp³-hybridized carbons (Fsp3) is 0.917. The number of aliphatic hydroxyl groups excluding tert-OH is 1. The molecule has 0 aliphatic heterocycles. The van der Waals surface area contributed by atoms with Crippen molar-refractivity contribution in [1.29, 1.82) is 0 Å². The summed E-state index contributed by atoms with van der Waals surface area (Å²) in [4.78, 5) is 11.4. The molecule has 1 fully saturated rings. The standard InChI is InChI=1S/C12H22O3/c1-3-9-4-6-10(7-5-9)11(8-13)12(14)15-2/h9-11,13H,3-8H2,1-2H3. The number of ether oxygens (including phenoxy) is 1. The molecule has 1 aliphatic carbocycles. The fourth-order valence-corrected chi connectivity index (χ4v) is 2.57. The molecule has 0 spiro atoms. The average Bonchev–Trinajstić information content (AvgIpc) is 2.30. The number of carbonyl (C=O) groups is 1. The van der Waals surface area contributed by atoms with Crippen LogP contribution in [0.2, 0.25) is 0 Å². The normalized spacial score (nSPS) is 28.5. The SMILES string of the molecule is CCC1CCC(C(CO)C(=O)OC)CC1. The van der Waals surface area contributed by atoms with Crippen molar-refractivity contribution in [3.05, 3.63) is 0 Å². The Labute approximate surface area is 91.8 Å². The maximum Gasteiger partial charge on any atom is 0.311 e. The molecule has 3 nitrogen and oxygen atoms in total. The third kappa shape index (κ3) is 3.20. The predicted molar refractivity (Wildman–Crippen MR) is 58.3 cm³/mol. The van der Waals surface area contributed by atoms with E-state index in [1.807, 2.05) is 0 Å². The highest BCUT2D eigenvalue weighted by Crippen LogP contribution is 2.35. The first kappa shape index (κ1) is 12.5. The number of hydrogen-bond acceptors (Lipinski definition) is 3. The second kappa shape index (κ2) is 6.11. The Kier molecular flexibility index (Phi) is 5.09. The van der Waals surface area contributed by atoms with Gasteiger partial charge in [0.05, 0.1) is 19.6 Å². The Morgan fingerprint density at radius 3 is 2.40 bits per heavy atom. The summed E-state index contributed by atoms with van der Waals surface area (Å²) in [5, 5.41) is 9.20. The second-order valence-corrected chi connectivity index (χ2v) is 4.50. The minimum atomic E-state index is -0.298. The van der Waals surface area contributed by atoms with E-state index in [4.69, 9.17) is 4.74 Å². The van der Waals surface area contributed by atoms with Crippen LogP contribution < -0.4 is 0 Å². The van der Waals surface area contributed by atoms with Crippen LogP contribution in [0.3, 0.4) is 0 Å². The number of rotatable bonds is 4. The molecule has 0 aromatic rings. The van der Waals surface area contributed by atoms with Crippen molar-refractivity contribution < 1.29 is 14.6 Å². The topological polar surface area (TPSA) is 46.5 Å². The summed E-state index contributed by atoms with van der Waals surface area (Å²) in [6.07, 6.45) is 5.72. The zero-order chi connectivity index (χ0) is 11.3. The summed E-state index contributed by atoms with van der Waals surface area (Å²) in [5.74, 6) is 0.591. The van der Waals surface area contributed by atoms with Gasteiger partial charge in [0.25, 0.3) is 0 Å². The van der Waals surface area contributed by atoms with Gasteiger partial charge in [0.15, 0.2) is 0 Å². The van der Waals surface area contributed by atoms with Crippen molar-refractivity contribution in [2.75, 3.05) is 13.7 Å². The molecule has 1 aliphatic rings. The maximum absolute atomic E-state index is 11.4. The van der Waals surface area contributed by atoms with Crippen LogP contribution in [0.15, 0.2) is 0 Å². The van der Waals surface area contributed by atoms with E-state index in [0.29, 0.717) is 5.92 Å². The lowest BCUT2D eigenvalue weighted by Crippen LogP contribution is -2.31. The molecule has 1 saturated carbocycles. The van der Waals surface area contributed by atoms with Crippen LogP contribution in [0.4, 0.5) is 0 Å². The molecule has 3 heteroatoms. The van der Waals surface area contributed by atoms with Crippen LogP contribution >= 0.6 is 0 Å². The number of aliphatic hydroxyl groups is 1. The van der Waals surface area contributed by atoms with E-state index >= 15 is 0 Å². The van der Waals surface area contributed by atoms with Gasteiger partial charge < -0.3 is 9.84 Å². The zero-order valence-corrected chi connectivity index (χ0v) is 9.74. The highest BCUT2D eigenvalue weighted by molar-refractivity contribution is 5.72. The van der Waals surface area contributed by atoms with Crippen molar-refractivity contribution in [1.82, 2.24) is 0 Å². The van der Waals surface area contributed by atoms with Gasteiger partial charge in [0.2, 0.25) is 0 Å². The molecule has 88 valence electrons. The van der Waals surface area contributed by atoms with Crippen LogP contribution in [0, 0.1) is 17.8 Å². The quantitative estimate of drug-likeness (QED) is 0.728. The number of hydrogen-bond donors (Lipinski definition) is 1. The number of methoxy groups -OCH3 is 1. The third-order valence-corrected chi connectivity index (χ3v) is 3.74. The molecule has 0 amide bonds. The van der Waals surface area contributed by atoms with Gasteiger partial charge in [-0.3, -0.25) is 4.79 Å². The Balaban J connectivity index is 2.46. The van der Waals surface area contributed by atoms with Gasteiger partial charge in [-0.15, -0.1) is 0 Å². The summed E-state index contributed by atoms with van der Waals surface area (Å²) in [7, 11) is 1.39. The molecular formula is C12H22O3. The molecular weight excluding hydrogens is 192 g/mol. The van der Waals surface area contributed by atoms with Crippen LogP contribution in [0.1, 0.15) is 39.0 Å². The van der Waals surface area contributed by atoms with Gasteiger partial charge in [-0.2, -0.15) is 0 Å². The van der Waals surface area contributed by atoms with Crippen LogP contribution in [-0.4, -0.2) is 24.8 Å². The largest absolute Gasteiger partial charge is 0.469 e. The number of carbonyl (C=O) groups excluding carboxylic acids is 1. The van der Waals surface area contributed by atoms with E-state index in [2.05, 4.69) is 6.92 Å². The highest BCUT2D eigenvalue weighted by Gasteiger charge is 2.31. The van der Waals surface area contributed by atoms with Crippen molar-refractivity contribution >= 4 is 5.97 Å². The summed E-state index contributed by atoms with van der Waals surface area (Å²) >= 11 is 0. The molecule has 0 aromatic heterocycles. The molecule has 0 heterocycles. The van der Waals surface area contributed by atoms with Gasteiger partial charge in [-0.25, -0.2) is 0 Å². The Bertz CT molecular complexity index is 195. The highest BCUT2D eigenvalue weighted by atomic mass is 16.5. The lowest BCUT2D eigenvalue weighted by Gasteiger charge is -2.31. The minimum Gasteiger partial charge on any atom is -0.469 e. The Morgan fingerprint density at radius 2 is 2.00 bits per heavy atom. The smallest absolute Gasteiger partial charge is 0.311 e. The molecule has 0 bridgehead atoms. The zero-order valence-electron chi connectivity index (χ0n) is 9.74. The molecule has 0 radical (unpaired) electrons. The van der Waals surface area contributed by atoms with E-state index in [9.17, 15) is 9.90 Å². The predicted octanol–water partition coefficient (Wildman–Crippen LogP) is 1.98. The van der Waals surface area contributed by atoms with Gasteiger partial charge in [-0.1, -0.05) is 26.2 Å². The van der Waals surface area contributed by atoms with Crippen LogP contribution in [-0.2, 0) is 9.53 Å². The van der Waals surface area contributed by atoms with Crippen molar-refractivity contribution in [2.45, 2.75) is 39.0 Å². The van der Waals surface area contributed by atoms with Crippen molar-refractivity contribution in [3.8, 4) is 0 Å². The summed E-state index contributed by atoms with van der Waals surface area (Å²) in [6, 6.07) is 0. The molecule has 1 unspecified atom stereocenters. The Hall–Kier alpha value is -0.570. The van der Waals surface area contributed by atoms with Gasteiger partial charge >= 0.3 is 5.97 Å². The molecule has 0 saturated heterocycles. The van der Waals surface area contributed by atoms with E-state index in [1.54, 1.807) is 0 Å². The molecule has 15 heavy (non-hydrogen) atoms. The first-order valence-corrected chi connectivity index (χ1v) is 5.91. The van der Waals surface area contributed by atoms with E-state index < -0.39 is 0 Å². The average molecular weight is 214 g/mol. The van der Waals surface area contributed by atoms with Crippen LogP contribution in [0.25, 0.3) is 0 Å². The summed E-state index contributed by atoms with van der Waals surface area (Å²) in [5.41, 5.74) is 0. The lowest BCUT2D eigenvalue weighted by molar-refractivity contribution is -0.149. The van der Waals surface area contributed by atoms with E-state index in [1.165, 1.54) is 26.4 Å². The molecule has 1 rings (SSSR count). The fourth-order valence-electron chi connectivity index (χ4n) is 2.57. The van der Waals surface area contributed by atoms with Gasteiger partial charge in [0, 0.05) is 0 Å². The Morgan fingerprint density at radius 1 is 1.40 bits per heavy atom. The van der Waals surface area contributed by atoms with Crippen molar-refractivity contribution in [3.63, 3.8) is 0 Å². The van der Waals surface area contributed by atoms with Gasteiger partial charge in [-0.05, 0) is 24.7 Å². The van der Waals surface area contributed by atoms with Crippen LogP contribution in [0.5, 0.6) is 0 Å². The monoisotopic (exact) mass is 214 g/mol. The maximum atomic E-state index is 11.4. The minimum absolute atomic E-state index is 0.0753. The molecule has 0 aromatic carbocycles. The number of esters is 1. The van der Waals surface area contributed by atoms with Gasteiger partial charge in [0.1, 0.15) is 0 Å². The molecule has 1 N–H and O–H groups in total. The van der Waals surface area contributed by atoms with E-state index in [-0.39, 0.29) is 18.5 Å². The molecule has 1 atom stereocenters. The van der Waals surface area contributed by atoms with Crippen molar-refractivity contribution in [2.24, 2.45) is 17.8 Å². The first-order chi connectivity index (χ1) is 7.22.